The molecule has 0 saturated carbocycles. The van der Waals surface area contributed by atoms with Gasteiger partial charge in [0, 0.05) is 16.9 Å². The van der Waals surface area contributed by atoms with Crippen LogP contribution in [0.1, 0.15) is 43.6 Å². The summed E-state index contributed by atoms with van der Waals surface area (Å²) >= 11 is 6.07. The van der Waals surface area contributed by atoms with Gasteiger partial charge in [-0.05, 0) is 66.4 Å². The second-order valence-corrected chi connectivity index (χ2v) is 8.95. The quantitative estimate of drug-likeness (QED) is 0.463. The van der Waals surface area contributed by atoms with Gasteiger partial charge in [0.15, 0.2) is 6.10 Å². The number of anilines is 2. The van der Waals surface area contributed by atoms with Gasteiger partial charge in [-0.25, -0.2) is 0 Å². The lowest BCUT2D eigenvalue weighted by atomic mass is 9.87. The zero-order valence-electron chi connectivity index (χ0n) is 18.6. The van der Waals surface area contributed by atoms with Gasteiger partial charge in [-0.3, -0.25) is 9.59 Å². The first-order valence-corrected chi connectivity index (χ1v) is 10.8. The van der Waals surface area contributed by atoms with Gasteiger partial charge in [0.05, 0.1) is 5.02 Å². The smallest absolute Gasteiger partial charge is 0.265 e. The van der Waals surface area contributed by atoms with E-state index in [9.17, 15) is 9.59 Å². The van der Waals surface area contributed by atoms with E-state index in [0.29, 0.717) is 27.7 Å². The molecule has 6 heteroatoms. The summed E-state index contributed by atoms with van der Waals surface area (Å²) in [5.41, 5.74) is 3.01. The average Bonchev–Trinajstić information content (AvgIpc) is 2.76. The Morgan fingerprint density at radius 1 is 0.844 bits per heavy atom. The van der Waals surface area contributed by atoms with Crippen molar-refractivity contribution in [3.05, 3.63) is 88.9 Å². The van der Waals surface area contributed by atoms with Gasteiger partial charge in [-0.15, -0.1) is 0 Å². The van der Waals surface area contributed by atoms with E-state index in [1.807, 2.05) is 24.3 Å². The van der Waals surface area contributed by atoms with Crippen molar-refractivity contribution in [2.75, 3.05) is 10.6 Å². The number of benzene rings is 3. The van der Waals surface area contributed by atoms with Crippen molar-refractivity contribution in [1.82, 2.24) is 0 Å². The van der Waals surface area contributed by atoms with Gasteiger partial charge < -0.3 is 15.4 Å². The number of halogens is 1. The van der Waals surface area contributed by atoms with Crippen molar-refractivity contribution in [3.8, 4) is 5.75 Å². The Labute approximate surface area is 193 Å². The number of amides is 2. The zero-order chi connectivity index (χ0) is 23.3. The van der Waals surface area contributed by atoms with E-state index >= 15 is 0 Å². The molecule has 0 saturated heterocycles. The highest BCUT2D eigenvalue weighted by atomic mass is 35.5. The summed E-state index contributed by atoms with van der Waals surface area (Å²) in [6, 6.07) is 21.5. The molecule has 0 aliphatic heterocycles. The summed E-state index contributed by atoms with van der Waals surface area (Å²) in [4.78, 5) is 24.9. The Morgan fingerprint density at radius 3 is 1.97 bits per heavy atom. The van der Waals surface area contributed by atoms with Gasteiger partial charge in [-0.1, -0.05) is 56.6 Å². The van der Waals surface area contributed by atoms with E-state index in [4.69, 9.17) is 16.3 Å². The molecule has 2 N–H and O–H groups in total. The second-order valence-electron chi connectivity index (χ2n) is 8.54. The van der Waals surface area contributed by atoms with Crippen LogP contribution in [-0.2, 0) is 10.2 Å². The highest BCUT2D eigenvalue weighted by molar-refractivity contribution is 6.32. The van der Waals surface area contributed by atoms with Crippen molar-refractivity contribution in [3.63, 3.8) is 0 Å². The SMILES string of the molecule is CC(Oc1ccccc1Cl)C(=O)Nc1ccc(NC(=O)c2ccc(C(C)(C)C)cc2)cc1. The number of nitrogens with one attached hydrogen (secondary N) is 2. The first-order chi connectivity index (χ1) is 15.1. The van der Waals surface area contributed by atoms with Crippen LogP contribution in [0.25, 0.3) is 0 Å². The molecule has 32 heavy (non-hydrogen) atoms. The van der Waals surface area contributed by atoms with Crippen LogP contribution in [0.5, 0.6) is 5.75 Å². The molecular formula is C26H27ClN2O3. The highest BCUT2D eigenvalue weighted by Gasteiger charge is 2.17. The fraction of sp³-hybridized carbons (Fsp3) is 0.231. The summed E-state index contributed by atoms with van der Waals surface area (Å²) in [6.45, 7) is 8.04. The maximum atomic E-state index is 12.5. The number of ether oxygens (including phenoxy) is 1. The summed E-state index contributed by atoms with van der Waals surface area (Å²) in [5.74, 6) is -0.0462. The van der Waals surface area contributed by atoms with Crippen molar-refractivity contribution < 1.29 is 14.3 Å². The van der Waals surface area contributed by atoms with Gasteiger partial charge in [0.25, 0.3) is 11.8 Å². The van der Waals surface area contributed by atoms with E-state index in [-0.39, 0.29) is 17.2 Å². The molecule has 2 amide bonds. The molecule has 0 aromatic heterocycles. The van der Waals surface area contributed by atoms with Crippen LogP contribution in [0.4, 0.5) is 11.4 Å². The molecular weight excluding hydrogens is 424 g/mol. The molecule has 0 bridgehead atoms. The number of para-hydroxylation sites is 1. The summed E-state index contributed by atoms with van der Waals surface area (Å²) in [7, 11) is 0. The average molecular weight is 451 g/mol. The number of carbonyl (C=O) groups is 2. The first-order valence-electron chi connectivity index (χ1n) is 10.4. The van der Waals surface area contributed by atoms with Gasteiger partial charge >= 0.3 is 0 Å². The molecule has 3 aromatic carbocycles. The lowest BCUT2D eigenvalue weighted by molar-refractivity contribution is -0.122. The van der Waals surface area contributed by atoms with Crippen molar-refractivity contribution in [2.24, 2.45) is 0 Å². The molecule has 0 heterocycles. The minimum absolute atomic E-state index is 0.0329. The zero-order valence-corrected chi connectivity index (χ0v) is 19.4. The summed E-state index contributed by atoms with van der Waals surface area (Å²) in [5, 5.41) is 6.11. The lowest BCUT2D eigenvalue weighted by Crippen LogP contribution is -2.30. The Balaban J connectivity index is 1.57. The predicted octanol–water partition coefficient (Wildman–Crippen LogP) is 6.30. The van der Waals surface area contributed by atoms with Crippen molar-refractivity contribution >= 4 is 34.8 Å². The Morgan fingerprint density at radius 2 is 1.41 bits per heavy atom. The minimum Gasteiger partial charge on any atom is -0.479 e. The maximum Gasteiger partial charge on any atom is 0.265 e. The fourth-order valence-electron chi connectivity index (χ4n) is 2.99. The van der Waals surface area contributed by atoms with Crippen LogP contribution in [0, 0.1) is 0 Å². The molecule has 0 radical (unpaired) electrons. The van der Waals surface area contributed by atoms with Crippen LogP contribution in [0.2, 0.25) is 5.02 Å². The van der Waals surface area contributed by atoms with Crippen LogP contribution in [0.3, 0.4) is 0 Å². The second kappa shape index (κ2) is 9.88. The normalized spacial score (nSPS) is 12.0. The van der Waals surface area contributed by atoms with Crippen LogP contribution < -0.4 is 15.4 Å². The third-order valence-electron chi connectivity index (χ3n) is 4.93. The largest absolute Gasteiger partial charge is 0.479 e. The molecule has 0 aliphatic rings. The van der Waals surface area contributed by atoms with Crippen LogP contribution in [0.15, 0.2) is 72.8 Å². The number of hydrogen-bond acceptors (Lipinski definition) is 3. The summed E-state index contributed by atoms with van der Waals surface area (Å²) in [6.07, 6.45) is -0.731. The molecule has 3 aromatic rings. The first kappa shape index (κ1) is 23.4. The molecule has 166 valence electrons. The Bertz CT molecular complexity index is 1090. The topological polar surface area (TPSA) is 67.4 Å². The van der Waals surface area contributed by atoms with Crippen LogP contribution >= 0.6 is 11.6 Å². The molecule has 1 unspecified atom stereocenters. The number of carbonyl (C=O) groups excluding carboxylic acids is 2. The van der Waals surface area contributed by atoms with E-state index in [0.717, 1.165) is 0 Å². The van der Waals surface area contributed by atoms with Gasteiger partial charge in [0.2, 0.25) is 0 Å². The van der Waals surface area contributed by atoms with E-state index in [2.05, 4.69) is 31.4 Å². The highest BCUT2D eigenvalue weighted by Crippen LogP contribution is 2.25. The Hall–Kier alpha value is -3.31. The number of hydrogen-bond donors (Lipinski definition) is 2. The van der Waals surface area contributed by atoms with Crippen LogP contribution in [-0.4, -0.2) is 17.9 Å². The molecule has 0 aliphatic carbocycles. The molecule has 0 spiro atoms. The van der Waals surface area contributed by atoms with E-state index < -0.39 is 6.10 Å². The monoisotopic (exact) mass is 450 g/mol. The predicted molar refractivity (Wildman–Crippen MR) is 130 cm³/mol. The molecule has 3 rings (SSSR count). The third-order valence-corrected chi connectivity index (χ3v) is 5.25. The minimum atomic E-state index is -0.731. The molecule has 5 nitrogen and oxygen atoms in total. The van der Waals surface area contributed by atoms with E-state index in [1.165, 1.54) is 5.56 Å². The number of rotatable bonds is 6. The van der Waals surface area contributed by atoms with Gasteiger partial charge in [-0.2, -0.15) is 0 Å². The fourth-order valence-corrected chi connectivity index (χ4v) is 3.17. The molecule has 1 atom stereocenters. The Kier molecular flexibility index (Phi) is 7.21. The van der Waals surface area contributed by atoms with Crippen molar-refractivity contribution in [2.45, 2.75) is 39.2 Å². The van der Waals surface area contributed by atoms with E-state index in [1.54, 1.807) is 55.5 Å². The standard InChI is InChI=1S/C26H27ClN2O3/c1-17(32-23-8-6-5-7-22(23)27)24(30)28-20-13-15-21(16-14-20)29-25(31)18-9-11-19(12-10-18)26(2,3)4/h5-17H,1-4H3,(H,28,30)(H,29,31). The summed E-state index contributed by atoms with van der Waals surface area (Å²) < 4.78 is 5.63. The van der Waals surface area contributed by atoms with Crippen molar-refractivity contribution in [1.29, 1.82) is 0 Å². The molecule has 0 fully saturated rings. The lowest BCUT2D eigenvalue weighted by Gasteiger charge is -2.19. The maximum absolute atomic E-state index is 12.5. The van der Waals surface area contributed by atoms with Gasteiger partial charge in [0.1, 0.15) is 5.75 Å². The third kappa shape index (κ3) is 6.11.